The highest BCUT2D eigenvalue weighted by Crippen LogP contribution is 2.30. The zero-order valence-corrected chi connectivity index (χ0v) is 11.0. The van der Waals surface area contributed by atoms with Crippen molar-refractivity contribution >= 4 is 11.6 Å². The zero-order valence-electron chi connectivity index (χ0n) is 11.0. The van der Waals surface area contributed by atoms with Crippen molar-refractivity contribution in [2.75, 3.05) is 12.4 Å². The van der Waals surface area contributed by atoms with Crippen molar-refractivity contribution in [1.29, 1.82) is 5.26 Å². The first-order valence-electron chi connectivity index (χ1n) is 5.99. The van der Waals surface area contributed by atoms with Gasteiger partial charge in [0.2, 0.25) is 5.91 Å². The van der Waals surface area contributed by atoms with Crippen LogP contribution in [0.3, 0.4) is 0 Å². The van der Waals surface area contributed by atoms with E-state index in [1.807, 2.05) is 26.0 Å². The lowest BCUT2D eigenvalue weighted by molar-refractivity contribution is -0.123. The average molecular weight is 246 g/mol. The Morgan fingerprint density at radius 2 is 2.00 bits per heavy atom. The highest BCUT2D eigenvalue weighted by Gasteiger charge is 2.35. The molecule has 1 rings (SSSR count). The number of carbonyl (C=O) groups is 1. The molecule has 0 atom stereocenters. The predicted octanol–water partition coefficient (Wildman–Crippen LogP) is 2.96. The van der Waals surface area contributed by atoms with Crippen LogP contribution in [0.1, 0.15) is 26.7 Å². The number of rotatable bonds is 5. The van der Waals surface area contributed by atoms with E-state index in [1.54, 1.807) is 19.2 Å². The quantitative estimate of drug-likeness (QED) is 0.868. The summed E-state index contributed by atoms with van der Waals surface area (Å²) in [5, 5.41) is 12.0. The Labute approximate surface area is 108 Å². The molecule has 1 aromatic carbocycles. The third-order valence-electron chi connectivity index (χ3n) is 3.21. The largest absolute Gasteiger partial charge is 0.495 e. The Kier molecular flexibility index (Phi) is 4.73. The second-order valence-electron chi connectivity index (χ2n) is 4.06. The number of methoxy groups -OCH3 is 1. The fourth-order valence-corrected chi connectivity index (χ4v) is 1.77. The van der Waals surface area contributed by atoms with Gasteiger partial charge < -0.3 is 10.1 Å². The van der Waals surface area contributed by atoms with Crippen LogP contribution >= 0.6 is 0 Å². The molecule has 4 nitrogen and oxygen atoms in total. The van der Waals surface area contributed by atoms with Crippen LogP contribution in [0.25, 0.3) is 0 Å². The maximum atomic E-state index is 12.2. The lowest BCUT2D eigenvalue weighted by atomic mass is 9.83. The maximum Gasteiger partial charge on any atom is 0.244 e. The van der Waals surface area contributed by atoms with Gasteiger partial charge in [0.25, 0.3) is 0 Å². The number of benzene rings is 1. The number of carbonyl (C=O) groups excluding carboxylic acids is 1. The summed E-state index contributed by atoms with van der Waals surface area (Å²) in [5.74, 6) is 0.310. The van der Waals surface area contributed by atoms with E-state index < -0.39 is 5.41 Å². The van der Waals surface area contributed by atoms with Crippen molar-refractivity contribution in [3.05, 3.63) is 24.3 Å². The molecule has 0 spiro atoms. The highest BCUT2D eigenvalue weighted by atomic mass is 16.5. The summed E-state index contributed by atoms with van der Waals surface area (Å²) in [7, 11) is 1.54. The first-order chi connectivity index (χ1) is 8.63. The molecule has 0 heterocycles. The third-order valence-corrected chi connectivity index (χ3v) is 3.21. The van der Waals surface area contributed by atoms with Gasteiger partial charge in [0.1, 0.15) is 11.2 Å². The number of nitrogens with one attached hydrogen (secondary N) is 1. The average Bonchev–Trinajstić information content (AvgIpc) is 2.42. The number of anilines is 1. The molecular weight excluding hydrogens is 228 g/mol. The van der Waals surface area contributed by atoms with Crippen LogP contribution < -0.4 is 10.1 Å². The van der Waals surface area contributed by atoms with Crippen molar-refractivity contribution in [2.24, 2.45) is 5.41 Å². The summed E-state index contributed by atoms with van der Waals surface area (Å²) in [4.78, 5) is 12.2. The van der Waals surface area contributed by atoms with Crippen molar-refractivity contribution in [1.82, 2.24) is 0 Å². The number of hydrogen-bond acceptors (Lipinski definition) is 3. The van der Waals surface area contributed by atoms with Crippen molar-refractivity contribution in [3.8, 4) is 11.8 Å². The number of amides is 1. The van der Waals surface area contributed by atoms with Gasteiger partial charge in [0.15, 0.2) is 0 Å². The van der Waals surface area contributed by atoms with Crippen LogP contribution in [-0.2, 0) is 4.79 Å². The molecule has 0 aliphatic rings. The Hall–Kier alpha value is -2.02. The van der Waals surface area contributed by atoms with E-state index in [1.165, 1.54) is 0 Å². The summed E-state index contributed by atoms with van der Waals surface area (Å²) >= 11 is 0. The van der Waals surface area contributed by atoms with E-state index in [2.05, 4.69) is 11.4 Å². The highest BCUT2D eigenvalue weighted by molar-refractivity contribution is 5.98. The topological polar surface area (TPSA) is 62.1 Å². The molecule has 0 radical (unpaired) electrons. The lowest BCUT2D eigenvalue weighted by Gasteiger charge is -2.22. The van der Waals surface area contributed by atoms with Gasteiger partial charge in [-0.15, -0.1) is 0 Å². The molecule has 0 saturated carbocycles. The molecule has 0 aromatic heterocycles. The van der Waals surface area contributed by atoms with Gasteiger partial charge in [-0.1, -0.05) is 26.0 Å². The Bertz CT molecular complexity index is 459. The molecule has 0 saturated heterocycles. The molecule has 1 aromatic rings. The monoisotopic (exact) mass is 246 g/mol. The fraction of sp³-hybridized carbons (Fsp3) is 0.429. The van der Waals surface area contributed by atoms with Crippen molar-refractivity contribution < 1.29 is 9.53 Å². The van der Waals surface area contributed by atoms with Crippen molar-refractivity contribution in [2.45, 2.75) is 26.7 Å². The zero-order chi connectivity index (χ0) is 13.6. The molecule has 96 valence electrons. The number of ether oxygens (including phenoxy) is 1. The van der Waals surface area contributed by atoms with Crippen LogP contribution in [0.4, 0.5) is 5.69 Å². The molecule has 1 N–H and O–H groups in total. The lowest BCUT2D eigenvalue weighted by Crippen LogP contribution is -2.34. The fourth-order valence-electron chi connectivity index (χ4n) is 1.77. The van der Waals surface area contributed by atoms with Gasteiger partial charge in [0.05, 0.1) is 18.9 Å². The smallest absolute Gasteiger partial charge is 0.244 e. The van der Waals surface area contributed by atoms with Gasteiger partial charge in [-0.05, 0) is 25.0 Å². The van der Waals surface area contributed by atoms with E-state index in [0.29, 0.717) is 24.3 Å². The van der Waals surface area contributed by atoms with Gasteiger partial charge in [-0.2, -0.15) is 5.26 Å². The SMILES string of the molecule is CCC(C#N)(CC)C(=O)Nc1ccccc1OC. The number of nitriles is 1. The summed E-state index contributed by atoms with van der Waals surface area (Å²) < 4.78 is 5.16. The van der Waals surface area contributed by atoms with Gasteiger partial charge in [0, 0.05) is 0 Å². The van der Waals surface area contributed by atoms with Crippen molar-refractivity contribution in [3.63, 3.8) is 0 Å². The molecule has 0 unspecified atom stereocenters. The molecule has 0 fully saturated rings. The second kappa shape index (κ2) is 6.06. The van der Waals surface area contributed by atoms with Gasteiger partial charge in [-0.25, -0.2) is 0 Å². The minimum atomic E-state index is -0.971. The standard InChI is InChI=1S/C14H18N2O2/c1-4-14(5-2,10-15)13(17)16-11-8-6-7-9-12(11)18-3/h6-9H,4-5H2,1-3H3,(H,16,17). The summed E-state index contributed by atoms with van der Waals surface area (Å²) in [6, 6.07) is 9.27. The minimum absolute atomic E-state index is 0.278. The minimum Gasteiger partial charge on any atom is -0.495 e. The van der Waals surface area contributed by atoms with E-state index >= 15 is 0 Å². The van der Waals surface area contributed by atoms with Gasteiger partial charge in [-0.3, -0.25) is 4.79 Å². The molecule has 0 aliphatic carbocycles. The molecule has 0 aliphatic heterocycles. The second-order valence-corrected chi connectivity index (χ2v) is 4.06. The third kappa shape index (κ3) is 2.62. The molecule has 0 bridgehead atoms. The Morgan fingerprint density at radius 1 is 1.39 bits per heavy atom. The predicted molar refractivity (Wildman–Crippen MR) is 70.3 cm³/mol. The molecule has 18 heavy (non-hydrogen) atoms. The maximum absolute atomic E-state index is 12.2. The van der Waals surface area contributed by atoms with Crippen LogP contribution in [0, 0.1) is 16.7 Å². The Balaban J connectivity index is 2.97. The van der Waals surface area contributed by atoms with Crippen LogP contribution in [0.2, 0.25) is 0 Å². The van der Waals surface area contributed by atoms with Crippen LogP contribution in [0.5, 0.6) is 5.75 Å². The first-order valence-corrected chi connectivity index (χ1v) is 5.99. The van der Waals surface area contributed by atoms with E-state index in [-0.39, 0.29) is 5.91 Å². The Morgan fingerprint density at radius 3 is 2.50 bits per heavy atom. The van der Waals surface area contributed by atoms with Gasteiger partial charge >= 0.3 is 0 Å². The molecule has 1 amide bonds. The summed E-state index contributed by atoms with van der Waals surface area (Å²) in [6.07, 6.45) is 0.974. The summed E-state index contributed by atoms with van der Waals surface area (Å²) in [6.45, 7) is 3.68. The number of hydrogen-bond donors (Lipinski definition) is 1. The molecular formula is C14H18N2O2. The normalized spacial score (nSPS) is 10.6. The van der Waals surface area contributed by atoms with E-state index in [9.17, 15) is 10.1 Å². The van der Waals surface area contributed by atoms with E-state index in [0.717, 1.165) is 0 Å². The number of nitrogens with zero attached hydrogens (tertiary/aromatic N) is 1. The van der Waals surface area contributed by atoms with Crippen LogP contribution in [0.15, 0.2) is 24.3 Å². The van der Waals surface area contributed by atoms with E-state index in [4.69, 9.17) is 4.74 Å². The first kappa shape index (κ1) is 14.0. The number of para-hydroxylation sites is 2. The summed E-state index contributed by atoms with van der Waals surface area (Å²) in [5.41, 5.74) is -0.382. The van der Waals surface area contributed by atoms with Crippen LogP contribution in [-0.4, -0.2) is 13.0 Å². The molecule has 4 heteroatoms.